The first-order chi connectivity index (χ1) is 19.2. The summed E-state index contributed by atoms with van der Waals surface area (Å²) in [5, 5.41) is 10.3. The Morgan fingerprint density at radius 2 is 1.73 bits per heavy atom. The van der Waals surface area contributed by atoms with E-state index in [1.54, 1.807) is 33.5 Å². The maximum absolute atomic E-state index is 14.7. The van der Waals surface area contributed by atoms with Crippen molar-refractivity contribution in [2.45, 2.75) is 56.2 Å². The molecule has 0 aromatic heterocycles. The predicted octanol–water partition coefficient (Wildman–Crippen LogP) is 3.17. The zero-order valence-corrected chi connectivity index (χ0v) is 25.0. The van der Waals surface area contributed by atoms with E-state index in [2.05, 4.69) is 32.6 Å². The fourth-order valence-corrected chi connectivity index (χ4v) is 9.07. The number of hydrogen-bond donors (Lipinski definition) is 1. The second kappa shape index (κ2) is 11.2. The Hall–Kier alpha value is -2.78. The molecule has 1 N–H and O–H groups in total. The summed E-state index contributed by atoms with van der Waals surface area (Å²) in [4.78, 5) is 50.1. The molecule has 8 nitrogen and oxygen atoms in total. The molecule has 1 spiro atoms. The molecule has 1 aromatic carbocycles. The minimum absolute atomic E-state index is 0.0586. The molecular weight excluding hydrogens is 524 g/mol. The molecule has 6 atom stereocenters. The molecule has 0 radical (unpaired) electrons. The molecular formula is C31H42N4O4S. The van der Waals surface area contributed by atoms with Crippen molar-refractivity contribution in [2.75, 3.05) is 49.6 Å². The van der Waals surface area contributed by atoms with Gasteiger partial charge in [-0.1, -0.05) is 38.2 Å². The van der Waals surface area contributed by atoms with Crippen molar-refractivity contribution in [2.24, 2.45) is 17.8 Å². The molecule has 40 heavy (non-hydrogen) atoms. The van der Waals surface area contributed by atoms with Crippen LogP contribution in [-0.2, 0) is 14.4 Å². The number of benzene rings is 1. The van der Waals surface area contributed by atoms with Gasteiger partial charge in [0, 0.05) is 49.9 Å². The minimum Gasteiger partial charge on any atom is -0.394 e. The first kappa shape index (κ1) is 28.7. The van der Waals surface area contributed by atoms with Gasteiger partial charge in [0.15, 0.2) is 0 Å². The molecule has 4 heterocycles. The van der Waals surface area contributed by atoms with E-state index in [-0.39, 0.29) is 35.5 Å². The number of likely N-dealkylation sites (N-methyl/N-ethyl adjacent to an activating group) is 1. The first-order valence-electron chi connectivity index (χ1n) is 14.5. The number of anilines is 2. The lowest BCUT2D eigenvalue weighted by molar-refractivity contribution is -0.144. The lowest BCUT2D eigenvalue weighted by Gasteiger charge is -2.39. The smallest absolute Gasteiger partial charge is 0.251 e. The second-order valence-electron chi connectivity index (χ2n) is 11.7. The monoisotopic (exact) mass is 566 g/mol. The van der Waals surface area contributed by atoms with Gasteiger partial charge in [0.05, 0.1) is 29.2 Å². The molecule has 4 aliphatic rings. The van der Waals surface area contributed by atoms with Crippen molar-refractivity contribution in [3.8, 4) is 0 Å². The summed E-state index contributed by atoms with van der Waals surface area (Å²) in [7, 11) is 1.77. The van der Waals surface area contributed by atoms with Gasteiger partial charge in [-0.3, -0.25) is 14.4 Å². The van der Waals surface area contributed by atoms with Crippen molar-refractivity contribution in [3.05, 3.63) is 48.6 Å². The summed E-state index contributed by atoms with van der Waals surface area (Å²) in [6, 6.07) is 6.71. The number of hydrogen-bond acceptors (Lipinski definition) is 6. The fraction of sp³-hybridized carbons (Fsp3) is 0.581. The minimum atomic E-state index is -0.887. The SMILES string of the molecule is CCN(CC)c1ccc(N2CC=C[C@]34S[C@@H]5C=CCN(C)C(=O)[C@@H]5[C@H]3C(=O)N([C@@H](CO)CC(C)C)C4C2=O)cc1. The van der Waals surface area contributed by atoms with Crippen LogP contribution in [0.3, 0.4) is 0 Å². The van der Waals surface area contributed by atoms with Crippen molar-refractivity contribution < 1.29 is 19.5 Å². The summed E-state index contributed by atoms with van der Waals surface area (Å²) in [6.07, 6.45) is 8.64. The molecule has 5 rings (SSSR count). The summed E-state index contributed by atoms with van der Waals surface area (Å²) < 4.78 is -0.887. The van der Waals surface area contributed by atoms with Gasteiger partial charge in [-0.25, -0.2) is 0 Å². The number of fused-ring (bicyclic) bond motifs is 2. The van der Waals surface area contributed by atoms with Crippen LogP contribution in [0.1, 0.15) is 34.1 Å². The number of aliphatic hydroxyl groups excluding tert-OH is 1. The molecule has 0 bridgehead atoms. The van der Waals surface area contributed by atoms with Crippen LogP contribution in [0.5, 0.6) is 0 Å². The fourth-order valence-electron chi connectivity index (χ4n) is 7.08. The van der Waals surface area contributed by atoms with E-state index in [0.717, 1.165) is 24.5 Å². The number of amides is 3. The standard InChI is InChI=1S/C31H42N4O4S/c1-6-33(7-2)21-11-13-22(14-12-21)34-17-9-15-31-26(25-24(40-31)10-8-16-32(5)28(25)37)29(38)35(27(31)30(34)39)23(19-36)18-20(3)4/h8-15,20,23-27,36H,6-7,16-19H2,1-5H3/t23-,24-,25+,26+,27?,31+/m1/s1. The molecule has 2 saturated heterocycles. The highest BCUT2D eigenvalue weighted by Gasteiger charge is 2.71. The predicted molar refractivity (Wildman–Crippen MR) is 160 cm³/mol. The van der Waals surface area contributed by atoms with Crippen LogP contribution >= 0.6 is 11.8 Å². The van der Waals surface area contributed by atoms with Gasteiger partial charge in [0.1, 0.15) is 6.04 Å². The molecule has 4 aliphatic heterocycles. The van der Waals surface area contributed by atoms with Crippen LogP contribution in [0.25, 0.3) is 0 Å². The van der Waals surface area contributed by atoms with E-state index in [4.69, 9.17) is 0 Å². The highest BCUT2D eigenvalue weighted by Crippen LogP contribution is 2.61. The van der Waals surface area contributed by atoms with Crippen molar-refractivity contribution in [1.29, 1.82) is 0 Å². The van der Waals surface area contributed by atoms with Gasteiger partial charge in [-0.15, -0.1) is 11.8 Å². The van der Waals surface area contributed by atoms with Gasteiger partial charge in [0.2, 0.25) is 11.8 Å². The van der Waals surface area contributed by atoms with E-state index < -0.39 is 28.7 Å². The Balaban J connectivity index is 1.59. The van der Waals surface area contributed by atoms with Crippen molar-refractivity contribution >= 4 is 40.9 Å². The highest BCUT2D eigenvalue weighted by molar-refractivity contribution is 8.02. The third-order valence-corrected chi connectivity index (χ3v) is 10.7. The van der Waals surface area contributed by atoms with Crippen LogP contribution in [-0.4, -0.2) is 94.5 Å². The molecule has 216 valence electrons. The Morgan fingerprint density at radius 3 is 2.35 bits per heavy atom. The van der Waals surface area contributed by atoms with E-state index in [1.807, 2.05) is 48.6 Å². The van der Waals surface area contributed by atoms with Crippen molar-refractivity contribution in [1.82, 2.24) is 9.80 Å². The topological polar surface area (TPSA) is 84.4 Å². The summed E-state index contributed by atoms with van der Waals surface area (Å²) >= 11 is 1.58. The Bertz CT molecular complexity index is 1200. The third-order valence-electron chi connectivity index (χ3n) is 8.94. The zero-order chi connectivity index (χ0) is 28.8. The molecule has 3 amide bonds. The van der Waals surface area contributed by atoms with Gasteiger partial charge < -0.3 is 24.7 Å². The number of rotatable bonds is 8. The normalized spacial score (nSPS) is 30.4. The maximum Gasteiger partial charge on any atom is 0.251 e. The maximum atomic E-state index is 14.7. The lowest BCUT2D eigenvalue weighted by atomic mass is 9.78. The number of carbonyl (C=O) groups excluding carboxylic acids is 3. The second-order valence-corrected chi connectivity index (χ2v) is 13.2. The van der Waals surface area contributed by atoms with Crippen molar-refractivity contribution in [3.63, 3.8) is 0 Å². The van der Waals surface area contributed by atoms with Gasteiger partial charge in [-0.05, 0) is 50.5 Å². The first-order valence-corrected chi connectivity index (χ1v) is 15.4. The van der Waals surface area contributed by atoms with Crippen LogP contribution in [0.2, 0.25) is 0 Å². The Kier molecular flexibility index (Phi) is 8.08. The average Bonchev–Trinajstić information content (AvgIpc) is 3.27. The van der Waals surface area contributed by atoms with E-state index in [1.165, 1.54) is 0 Å². The highest BCUT2D eigenvalue weighted by atomic mass is 32.2. The van der Waals surface area contributed by atoms with Gasteiger partial charge in [-0.2, -0.15) is 0 Å². The largest absolute Gasteiger partial charge is 0.394 e. The van der Waals surface area contributed by atoms with Crippen LogP contribution in [0.15, 0.2) is 48.6 Å². The number of likely N-dealkylation sites (tertiary alicyclic amines) is 1. The molecule has 1 unspecified atom stereocenters. The molecule has 2 fully saturated rings. The molecule has 0 saturated carbocycles. The third kappa shape index (κ3) is 4.55. The number of carbonyl (C=O) groups is 3. The van der Waals surface area contributed by atoms with E-state index >= 15 is 0 Å². The number of thioether (sulfide) groups is 1. The average molecular weight is 567 g/mol. The Labute approximate surface area is 242 Å². The summed E-state index contributed by atoms with van der Waals surface area (Å²) in [5.74, 6) is -1.42. The number of aliphatic hydroxyl groups is 1. The Morgan fingerprint density at radius 1 is 1.02 bits per heavy atom. The van der Waals surface area contributed by atoms with Crippen LogP contribution in [0.4, 0.5) is 11.4 Å². The lowest BCUT2D eigenvalue weighted by Crippen LogP contribution is -2.57. The quantitative estimate of drug-likeness (QED) is 0.487. The zero-order valence-electron chi connectivity index (χ0n) is 24.2. The van der Waals surface area contributed by atoms with Gasteiger partial charge >= 0.3 is 0 Å². The molecule has 0 aliphatic carbocycles. The molecule has 9 heteroatoms. The van der Waals surface area contributed by atoms with Crippen LogP contribution < -0.4 is 9.80 Å². The van der Waals surface area contributed by atoms with E-state index in [9.17, 15) is 19.5 Å². The number of nitrogens with zero attached hydrogens (tertiary/aromatic N) is 4. The van der Waals surface area contributed by atoms with E-state index in [0.29, 0.717) is 19.5 Å². The summed E-state index contributed by atoms with van der Waals surface area (Å²) in [5.41, 5.74) is 1.87. The van der Waals surface area contributed by atoms with Crippen LogP contribution in [0, 0.1) is 17.8 Å². The molecule has 1 aromatic rings. The summed E-state index contributed by atoms with van der Waals surface area (Å²) in [6.45, 7) is 10.8. The van der Waals surface area contributed by atoms with Gasteiger partial charge in [0.25, 0.3) is 5.91 Å².